The van der Waals surface area contributed by atoms with Crippen molar-refractivity contribution in [1.29, 1.82) is 0 Å². The van der Waals surface area contributed by atoms with Crippen molar-refractivity contribution in [2.45, 2.75) is 25.7 Å². The summed E-state index contributed by atoms with van der Waals surface area (Å²) in [5, 5.41) is 10.4. The highest BCUT2D eigenvalue weighted by Gasteiger charge is 2.23. The van der Waals surface area contributed by atoms with Gasteiger partial charge in [-0.2, -0.15) is 0 Å². The minimum absolute atomic E-state index is 0.128. The van der Waals surface area contributed by atoms with E-state index in [2.05, 4.69) is 0 Å². The molecular weight excluding hydrogens is 238 g/mol. The van der Waals surface area contributed by atoms with Crippen LogP contribution in [0.2, 0.25) is 5.02 Å². The fraction of sp³-hybridized carbons (Fsp3) is 0.462. The summed E-state index contributed by atoms with van der Waals surface area (Å²) in [7, 11) is 0. The second kappa shape index (κ2) is 4.96. The second-order valence-corrected chi connectivity index (χ2v) is 4.92. The van der Waals surface area contributed by atoms with E-state index < -0.39 is 0 Å². The quantitative estimate of drug-likeness (QED) is 0.836. The number of amides is 1. The number of rotatable bonds is 1. The molecule has 1 fully saturated rings. The molecule has 0 spiro atoms. The zero-order chi connectivity index (χ0) is 12.4. The molecule has 0 unspecified atom stereocenters. The summed E-state index contributed by atoms with van der Waals surface area (Å²) in [4.78, 5) is 13.1. The summed E-state index contributed by atoms with van der Waals surface area (Å²) in [5.74, 6) is 0.713. The van der Waals surface area contributed by atoms with Gasteiger partial charge >= 0.3 is 0 Å². The van der Waals surface area contributed by atoms with E-state index in [1.54, 1.807) is 19.1 Å². The summed E-state index contributed by atoms with van der Waals surface area (Å²) >= 11 is 5.81. The Kier molecular flexibility index (Phi) is 3.57. The number of carbonyl (C=O) groups excluding carboxylic acids is 1. The van der Waals surface area contributed by atoms with Crippen LogP contribution in [0.1, 0.15) is 31.2 Å². The first-order valence-corrected chi connectivity index (χ1v) is 6.19. The van der Waals surface area contributed by atoms with Crippen molar-refractivity contribution in [3.63, 3.8) is 0 Å². The maximum atomic E-state index is 11.2. The Labute approximate surface area is 106 Å². The van der Waals surface area contributed by atoms with E-state index >= 15 is 0 Å². The highest BCUT2D eigenvalue weighted by atomic mass is 35.5. The molecule has 4 heteroatoms. The van der Waals surface area contributed by atoms with Gasteiger partial charge in [-0.25, -0.2) is 0 Å². The third-order valence-corrected chi connectivity index (χ3v) is 3.61. The zero-order valence-electron chi connectivity index (χ0n) is 9.82. The molecule has 17 heavy (non-hydrogen) atoms. The van der Waals surface area contributed by atoms with Crippen LogP contribution in [0.5, 0.6) is 5.75 Å². The smallest absolute Gasteiger partial charge is 0.219 e. The number of phenols is 1. The van der Waals surface area contributed by atoms with Crippen molar-refractivity contribution in [2.24, 2.45) is 0 Å². The van der Waals surface area contributed by atoms with Gasteiger partial charge in [0, 0.05) is 25.0 Å². The molecule has 0 radical (unpaired) electrons. The molecule has 0 saturated carbocycles. The molecule has 2 rings (SSSR count). The Hall–Kier alpha value is -1.22. The van der Waals surface area contributed by atoms with Gasteiger partial charge in [-0.1, -0.05) is 17.7 Å². The number of phenolic OH excluding ortho intramolecular Hbond substituents is 1. The van der Waals surface area contributed by atoms with Gasteiger partial charge in [-0.15, -0.1) is 0 Å². The molecular formula is C13H16ClNO2. The van der Waals surface area contributed by atoms with Gasteiger partial charge in [0.25, 0.3) is 0 Å². The molecule has 0 atom stereocenters. The molecule has 1 amide bonds. The van der Waals surface area contributed by atoms with E-state index in [1.165, 1.54) is 0 Å². The molecule has 1 saturated heterocycles. The Morgan fingerprint density at radius 3 is 2.59 bits per heavy atom. The van der Waals surface area contributed by atoms with Crippen LogP contribution in [0.25, 0.3) is 0 Å². The predicted octanol–water partition coefficient (Wildman–Crippen LogP) is 2.77. The number of nitrogens with zero attached hydrogens (tertiary/aromatic N) is 1. The Morgan fingerprint density at radius 1 is 1.41 bits per heavy atom. The van der Waals surface area contributed by atoms with Crippen molar-refractivity contribution in [2.75, 3.05) is 13.1 Å². The van der Waals surface area contributed by atoms with Gasteiger partial charge in [0.15, 0.2) is 0 Å². The minimum atomic E-state index is 0.128. The average Bonchev–Trinajstić information content (AvgIpc) is 2.29. The lowest BCUT2D eigenvalue weighted by atomic mass is 9.89. The van der Waals surface area contributed by atoms with Gasteiger partial charge in [0.1, 0.15) is 5.75 Å². The largest absolute Gasteiger partial charge is 0.508 e. The molecule has 1 aromatic carbocycles. The monoisotopic (exact) mass is 253 g/mol. The third-order valence-electron chi connectivity index (χ3n) is 3.37. The molecule has 1 aliphatic rings. The number of benzene rings is 1. The van der Waals surface area contributed by atoms with Crippen molar-refractivity contribution in [1.82, 2.24) is 4.90 Å². The van der Waals surface area contributed by atoms with Crippen LogP contribution in [0.3, 0.4) is 0 Å². The third kappa shape index (κ3) is 2.72. The van der Waals surface area contributed by atoms with Crippen LogP contribution in [-0.4, -0.2) is 29.0 Å². The standard InChI is InChI=1S/C13H16ClNO2/c1-9(16)15-6-4-10(5-7-15)12-3-2-11(14)8-13(12)17/h2-3,8,10,17H,4-7H2,1H3. The molecule has 92 valence electrons. The Morgan fingerprint density at radius 2 is 2.06 bits per heavy atom. The van der Waals surface area contributed by atoms with E-state index in [-0.39, 0.29) is 11.7 Å². The highest BCUT2D eigenvalue weighted by molar-refractivity contribution is 6.30. The molecule has 1 aliphatic heterocycles. The summed E-state index contributed by atoms with van der Waals surface area (Å²) < 4.78 is 0. The molecule has 0 aliphatic carbocycles. The molecule has 3 nitrogen and oxygen atoms in total. The van der Waals surface area contributed by atoms with E-state index in [4.69, 9.17) is 11.6 Å². The lowest BCUT2D eigenvalue weighted by Gasteiger charge is -2.31. The van der Waals surface area contributed by atoms with Crippen LogP contribution in [-0.2, 0) is 4.79 Å². The SMILES string of the molecule is CC(=O)N1CCC(c2ccc(Cl)cc2O)CC1. The van der Waals surface area contributed by atoms with Crippen LogP contribution in [0, 0.1) is 0 Å². The lowest BCUT2D eigenvalue weighted by Crippen LogP contribution is -2.36. The Balaban J connectivity index is 2.08. The van der Waals surface area contributed by atoms with Gasteiger partial charge in [0.2, 0.25) is 5.91 Å². The molecule has 1 N–H and O–H groups in total. The van der Waals surface area contributed by atoms with Crippen LogP contribution < -0.4 is 0 Å². The molecule has 1 heterocycles. The Bertz CT molecular complexity index is 425. The van der Waals surface area contributed by atoms with E-state index in [0.717, 1.165) is 31.5 Å². The van der Waals surface area contributed by atoms with E-state index in [1.807, 2.05) is 11.0 Å². The van der Waals surface area contributed by atoms with Gasteiger partial charge < -0.3 is 10.0 Å². The van der Waals surface area contributed by atoms with Crippen molar-refractivity contribution < 1.29 is 9.90 Å². The highest BCUT2D eigenvalue weighted by Crippen LogP contribution is 2.34. The minimum Gasteiger partial charge on any atom is -0.508 e. The first kappa shape index (κ1) is 12.2. The summed E-state index contributed by atoms with van der Waals surface area (Å²) in [6, 6.07) is 5.26. The van der Waals surface area contributed by atoms with Crippen LogP contribution >= 0.6 is 11.6 Å². The summed E-state index contributed by atoms with van der Waals surface area (Å²) in [5.41, 5.74) is 0.942. The number of likely N-dealkylation sites (tertiary alicyclic amines) is 1. The molecule has 0 bridgehead atoms. The predicted molar refractivity (Wildman–Crippen MR) is 67.3 cm³/mol. The maximum Gasteiger partial charge on any atom is 0.219 e. The maximum absolute atomic E-state index is 11.2. The van der Waals surface area contributed by atoms with E-state index in [0.29, 0.717) is 10.9 Å². The lowest BCUT2D eigenvalue weighted by molar-refractivity contribution is -0.129. The van der Waals surface area contributed by atoms with Crippen molar-refractivity contribution >= 4 is 17.5 Å². The normalized spacial score (nSPS) is 17.2. The number of aromatic hydroxyl groups is 1. The number of halogens is 1. The fourth-order valence-corrected chi connectivity index (χ4v) is 2.53. The number of hydrogen-bond donors (Lipinski definition) is 1. The first-order valence-electron chi connectivity index (χ1n) is 5.82. The van der Waals surface area contributed by atoms with Gasteiger partial charge in [0.05, 0.1) is 0 Å². The van der Waals surface area contributed by atoms with Gasteiger partial charge in [-0.3, -0.25) is 4.79 Å². The van der Waals surface area contributed by atoms with Crippen molar-refractivity contribution in [3.8, 4) is 5.75 Å². The van der Waals surface area contributed by atoms with Crippen LogP contribution in [0.15, 0.2) is 18.2 Å². The number of piperidine rings is 1. The second-order valence-electron chi connectivity index (χ2n) is 4.48. The average molecular weight is 254 g/mol. The van der Waals surface area contributed by atoms with E-state index in [9.17, 15) is 9.90 Å². The zero-order valence-corrected chi connectivity index (χ0v) is 10.6. The summed E-state index contributed by atoms with van der Waals surface area (Å²) in [6.45, 7) is 3.13. The molecule has 1 aromatic rings. The first-order chi connectivity index (χ1) is 8.08. The molecule has 0 aromatic heterocycles. The number of hydrogen-bond acceptors (Lipinski definition) is 2. The number of carbonyl (C=O) groups is 1. The topological polar surface area (TPSA) is 40.5 Å². The van der Waals surface area contributed by atoms with Crippen molar-refractivity contribution in [3.05, 3.63) is 28.8 Å². The van der Waals surface area contributed by atoms with Gasteiger partial charge in [-0.05, 0) is 36.5 Å². The fourth-order valence-electron chi connectivity index (χ4n) is 2.37. The van der Waals surface area contributed by atoms with Crippen LogP contribution in [0.4, 0.5) is 0 Å². The summed E-state index contributed by atoms with van der Waals surface area (Å²) in [6.07, 6.45) is 1.80.